The third kappa shape index (κ3) is 3.78. The number of nitrogens with one attached hydrogen (secondary N) is 1. The molecule has 17 heavy (non-hydrogen) atoms. The van der Waals surface area contributed by atoms with Gasteiger partial charge in [-0.15, -0.1) is 0 Å². The van der Waals surface area contributed by atoms with Crippen LogP contribution in [0, 0.1) is 15.9 Å². The summed E-state index contributed by atoms with van der Waals surface area (Å²) in [6.07, 6.45) is 2.52. The quantitative estimate of drug-likeness (QED) is 0.614. The molecule has 0 aromatic heterocycles. The van der Waals surface area contributed by atoms with E-state index in [9.17, 15) is 14.5 Å². The van der Waals surface area contributed by atoms with Crippen LogP contribution in [-0.2, 0) is 6.42 Å². The van der Waals surface area contributed by atoms with Crippen LogP contribution in [-0.4, -0.2) is 18.0 Å². The van der Waals surface area contributed by atoms with E-state index in [2.05, 4.69) is 12.2 Å². The highest BCUT2D eigenvalue weighted by molar-refractivity contribution is 5.34. The van der Waals surface area contributed by atoms with Crippen molar-refractivity contribution in [2.45, 2.75) is 32.2 Å². The number of likely N-dealkylation sites (N-methyl/N-ethyl adjacent to an activating group) is 1. The molecule has 4 nitrogen and oxygen atoms in total. The molecular weight excluding hydrogens is 223 g/mol. The molecule has 0 fully saturated rings. The first-order valence-corrected chi connectivity index (χ1v) is 5.68. The maximum Gasteiger partial charge on any atom is 0.272 e. The van der Waals surface area contributed by atoms with E-state index in [4.69, 9.17) is 0 Å². The zero-order valence-electron chi connectivity index (χ0n) is 10.1. The predicted molar refractivity (Wildman–Crippen MR) is 64.5 cm³/mol. The van der Waals surface area contributed by atoms with Gasteiger partial charge < -0.3 is 5.32 Å². The van der Waals surface area contributed by atoms with Crippen LogP contribution in [0.5, 0.6) is 0 Å². The molecule has 0 spiro atoms. The van der Waals surface area contributed by atoms with Gasteiger partial charge in [0.05, 0.1) is 11.0 Å². The highest BCUT2D eigenvalue weighted by atomic mass is 19.1. The van der Waals surface area contributed by atoms with E-state index in [-0.39, 0.29) is 11.7 Å². The van der Waals surface area contributed by atoms with E-state index in [1.807, 2.05) is 7.05 Å². The van der Waals surface area contributed by atoms with Gasteiger partial charge in [0.25, 0.3) is 5.69 Å². The minimum atomic E-state index is -0.589. The average molecular weight is 240 g/mol. The molecule has 0 aliphatic rings. The van der Waals surface area contributed by atoms with E-state index in [1.54, 1.807) is 0 Å². The maximum absolute atomic E-state index is 13.6. The molecular formula is C12H17FN2O2. The van der Waals surface area contributed by atoms with Crippen molar-refractivity contribution < 1.29 is 9.31 Å². The SMILES string of the molecule is CCCC(Cc1ccc([N+](=O)[O-])cc1F)NC. The molecule has 0 amide bonds. The van der Waals surface area contributed by atoms with Crippen LogP contribution in [0.15, 0.2) is 18.2 Å². The molecule has 5 heteroatoms. The van der Waals surface area contributed by atoms with Crippen LogP contribution in [0.1, 0.15) is 25.3 Å². The average Bonchev–Trinajstić information content (AvgIpc) is 2.30. The Morgan fingerprint density at radius 3 is 2.71 bits per heavy atom. The summed E-state index contributed by atoms with van der Waals surface area (Å²) >= 11 is 0. The fraction of sp³-hybridized carbons (Fsp3) is 0.500. The summed E-state index contributed by atoms with van der Waals surface area (Å²) in [7, 11) is 1.84. The normalized spacial score (nSPS) is 12.4. The Hall–Kier alpha value is -1.49. The smallest absolute Gasteiger partial charge is 0.272 e. The van der Waals surface area contributed by atoms with Gasteiger partial charge >= 0.3 is 0 Å². The van der Waals surface area contributed by atoms with Crippen molar-refractivity contribution in [1.29, 1.82) is 0 Å². The lowest BCUT2D eigenvalue weighted by molar-refractivity contribution is -0.385. The molecule has 1 atom stereocenters. The van der Waals surface area contributed by atoms with Crippen molar-refractivity contribution >= 4 is 5.69 Å². The summed E-state index contributed by atoms with van der Waals surface area (Å²) in [5.74, 6) is -0.504. The van der Waals surface area contributed by atoms with Crippen molar-refractivity contribution in [3.05, 3.63) is 39.7 Å². The van der Waals surface area contributed by atoms with Crippen LogP contribution in [0.25, 0.3) is 0 Å². The first-order chi connectivity index (χ1) is 8.08. The van der Waals surface area contributed by atoms with E-state index in [0.717, 1.165) is 18.9 Å². The van der Waals surface area contributed by atoms with E-state index in [1.165, 1.54) is 12.1 Å². The third-order valence-corrected chi connectivity index (χ3v) is 2.76. The molecule has 0 radical (unpaired) electrons. The van der Waals surface area contributed by atoms with Gasteiger partial charge in [-0.1, -0.05) is 13.3 Å². The van der Waals surface area contributed by atoms with Gasteiger partial charge in [-0.05, 0) is 31.5 Å². The molecule has 94 valence electrons. The number of hydrogen-bond acceptors (Lipinski definition) is 3. The minimum Gasteiger partial charge on any atom is -0.317 e. The first kappa shape index (κ1) is 13.6. The van der Waals surface area contributed by atoms with Crippen molar-refractivity contribution in [3.63, 3.8) is 0 Å². The Morgan fingerprint density at radius 1 is 1.53 bits per heavy atom. The minimum absolute atomic E-state index is 0.205. The Balaban J connectivity index is 2.81. The van der Waals surface area contributed by atoms with Crippen LogP contribution in [0.3, 0.4) is 0 Å². The second-order valence-corrected chi connectivity index (χ2v) is 4.01. The number of benzene rings is 1. The molecule has 0 heterocycles. The van der Waals surface area contributed by atoms with Crippen molar-refractivity contribution in [3.8, 4) is 0 Å². The molecule has 1 unspecified atom stereocenters. The van der Waals surface area contributed by atoms with Gasteiger partial charge in [0.2, 0.25) is 0 Å². The highest BCUT2D eigenvalue weighted by Gasteiger charge is 2.13. The summed E-state index contributed by atoms with van der Waals surface area (Å²) in [5.41, 5.74) is 0.311. The Labute approximate surface area is 100.0 Å². The van der Waals surface area contributed by atoms with Crippen LogP contribution >= 0.6 is 0 Å². The number of nitro groups is 1. The second kappa shape index (κ2) is 6.30. The van der Waals surface area contributed by atoms with Gasteiger partial charge in [-0.25, -0.2) is 4.39 Å². The van der Waals surface area contributed by atoms with E-state index in [0.29, 0.717) is 12.0 Å². The molecule has 1 aromatic carbocycles. The molecule has 0 saturated carbocycles. The number of non-ortho nitro benzene ring substituents is 1. The predicted octanol–water partition coefficient (Wildman–Crippen LogP) is 2.66. The van der Waals surface area contributed by atoms with Gasteiger partial charge in [0.1, 0.15) is 5.82 Å². The molecule has 0 aliphatic carbocycles. The fourth-order valence-electron chi connectivity index (χ4n) is 1.78. The largest absolute Gasteiger partial charge is 0.317 e. The highest BCUT2D eigenvalue weighted by Crippen LogP contribution is 2.18. The fourth-order valence-corrected chi connectivity index (χ4v) is 1.78. The van der Waals surface area contributed by atoms with Gasteiger partial charge in [-0.2, -0.15) is 0 Å². The third-order valence-electron chi connectivity index (χ3n) is 2.76. The van der Waals surface area contributed by atoms with Gasteiger partial charge in [-0.3, -0.25) is 10.1 Å². The molecule has 0 bridgehead atoms. The van der Waals surface area contributed by atoms with E-state index >= 15 is 0 Å². The molecule has 0 saturated heterocycles. The number of halogens is 1. The zero-order valence-corrected chi connectivity index (χ0v) is 10.1. The number of hydrogen-bond donors (Lipinski definition) is 1. The molecule has 1 rings (SSSR count). The lowest BCUT2D eigenvalue weighted by atomic mass is 10.0. The standard InChI is InChI=1S/C12H17FN2O2/c1-3-4-10(14-2)7-9-5-6-11(15(16)17)8-12(9)13/h5-6,8,10,14H,3-4,7H2,1-2H3. The topological polar surface area (TPSA) is 55.2 Å². The van der Waals surface area contributed by atoms with Crippen molar-refractivity contribution in [2.24, 2.45) is 0 Å². The number of nitro benzene ring substituents is 1. The van der Waals surface area contributed by atoms with Gasteiger partial charge in [0.15, 0.2) is 0 Å². The number of nitrogens with zero attached hydrogens (tertiary/aromatic N) is 1. The van der Waals surface area contributed by atoms with Crippen molar-refractivity contribution in [1.82, 2.24) is 5.32 Å². The van der Waals surface area contributed by atoms with Crippen LogP contribution < -0.4 is 5.32 Å². The molecule has 0 aliphatic heterocycles. The summed E-state index contributed by atoms with van der Waals surface area (Å²) in [6, 6.07) is 4.02. The van der Waals surface area contributed by atoms with E-state index < -0.39 is 10.7 Å². The van der Waals surface area contributed by atoms with Crippen LogP contribution in [0.4, 0.5) is 10.1 Å². The summed E-state index contributed by atoms with van der Waals surface area (Å²) in [6.45, 7) is 2.07. The Bertz CT molecular complexity index is 396. The second-order valence-electron chi connectivity index (χ2n) is 4.01. The first-order valence-electron chi connectivity index (χ1n) is 5.68. The van der Waals surface area contributed by atoms with Gasteiger partial charge in [0, 0.05) is 12.1 Å². The summed E-state index contributed by atoms with van der Waals surface area (Å²) in [5, 5.41) is 13.6. The summed E-state index contributed by atoms with van der Waals surface area (Å²) in [4.78, 5) is 9.88. The maximum atomic E-state index is 13.6. The van der Waals surface area contributed by atoms with Crippen LogP contribution in [0.2, 0.25) is 0 Å². The van der Waals surface area contributed by atoms with Crippen molar-refractivity contribution in [2.75, 3.05) is 7.05 Å². The zero-order chi connectivity index (χ0) is 12.8. The molecule has 1 aromatic rings. The molecule has 1 N–H and O–H groups in total. The lowest BCUT2D eigenvalue weighted by Crippen LogP contribution is -2.27. The summed E-state index contributed by atoms with van der Waals surface area (Å²) < 4.78 is 13.6. The number of rotatable bonds is 6. The lowest BCUT2D eigenvalue weighted by Gasteiger charge is -2.15. The Morgan fingerprint density at radius 2 is 2.24 bits per heavy atom. The Kier molecular flexibility index (Phi) is 5.03. The monoisotopic (exact) mass is 240 g/mol.